The third kappa shape index (κ3) is 13.7. The smallest absolute Gasteiger partial charge is 0.132 e. The molecule has 16 nitrogen and oxygen atoms in total. The van der Waals surface area contributed by atoms with Gasteiger partial charge in [0, 0.05) is 22.3 Å². The van der Waals surface area contributed by atoms with Gasteiger partial charge in [-0.05, 0) is 80.6 Å². The third-order valence-electron chi connectivity index (χ3n) is 9.90. The summed E-state index contributed by atoms with van der Waals surface area (Å²) in [5, 5.41) is 60.9. The van der Waals surface area contributed by atoms with Crippen LogP contribution in [0.15, 0.2) is 128 Å². The summed E-state index contributed by atoms with van der Waals surface area (Å²) in [4.78, 5) is 0. The number of benzene rings is 4. The van der Waals surface area contributed by atoms with Crippen molar-refractivity contribution in [3.8, 4) is 45.0 Å². The topological polar surface area (TPSA) is 228 Å². The van der Waals surface area contributed by atoms with E-state index in [1.807, 2.05) is 12.1 Å². The first-order valence-electron chi connectivity index (χ1n) is 20.5. The Balaban J connectivity index is 0.000000131. The van der Waals surface area contributed by atoms with Gasteiger partial charge >= 0.3 is 0 Å². The Morgan fingerprint density at radius 1 is 0.556 bits per heavy atom. The van der Waals surface area contributed by atoms with E-state index in [0.29, 0.717) is 17.0 Å². The molecule has 1 fully saturated rings. The summed E-state index contributed by atoms with van der Waals surface area (Å²) in [6, 6.07) is 29.3. The minimum absolute atomic E-state index is 0.248. The summed E-state index contributed by atoms with van der Waals surface area (Å²) in [7, 11) is 0. The van der Waals surface area contributed by atoms with Crippen molar-refractivity contribution in [2.24, 2.45) is 0 Å². The fourth-order valence-electron chi connectivity index (χ4n) is 6.49. The zero-order valence-corrected chi connectivity index (χ0v) is 35.0. The Morgan fingerprint density at radius 3 is 1.59 bits per heavy atom. The highest BCUT2D eigenvalue weighted by Gasteiger charge is 2.33. The molecular weight excluding hydrogens is 805 g/mol. The van der Waals surface area contributed by atoms with Gasteiger partial charge in [0.2, 0.25) is 0 Å². The third-order valence-corrected chi connectivity index (χ3v) is 9.90. The van der Waals surface area contributed by atoms with Crippen molar-refractivity contribution in [3.63, 3.8) is 0 Å². The Hall–Kier alpha value is -7.60. The molecule has 0 atom stereocenters. The van der Waals surface area contributed by atoms with Crippen molar-refractivity contribution in [1.82, 2.24) is 77.1 Å². The molecule has 5 heterocycles. The molecule has 0 amide bonds. The fourth-order valence-corrected chi connectivity index (χ4v) is 6.49. The first kappa shape index (κ1) is 44.9. The number of nitrogens with zero attached hydrogens (tertiary/aromatic N) is 10. The van der Waals surface area contributed by atoms with Gasteiger partial charge in [0.05, 0.1) is 31.0 Å². The van der Waals surface area contributed by atoms with Crippen molar-refractivity contribution in [2.45, 2.75) is 70.8 Å². The molecule has 10 rings (SSSR count). The zero-order chi connectivity index (χ0) is 44.1. The number of hydrogen-bond acceptors (Lipinski definition) is 11. The van der Waals surface area contributed by atoms with Gasteiger partial charge in [-0.1, -0.05) is 92.8 Å². The number of halogens is 2. The first-order valence-corrected chi connectivity index (χ1v) is 20.5. The highest BCUT2D eigenvalue weighted by atomic mass is 19.1. The normalized spacial score (nSPS) is 12.5. The number of aromatic amines is 5. The highest BCUT2D eigenvalue weighted by Crippen LogP contribution is 2.35. The van der Waals surface area contributed by atoms with Crippen LogP contribution in [-0.2, 0) is 12.0 Å². The Morgan fingerprint density at radius 2 is 1.08 bits per heavy atom. The molecule has 0 unspecified atom stereocenters. The quantitative estimate of drug-likeness (QED) is 0.0846. The van der Waals surface area contributed by atoms with E-state index in [4.69, 9.17) is 0 Å². The molecule has 0 saturated heterocycles. The highest BCUT2D eigenvalue weighted by molar-refractivity contribution is 5.60. The number of nitrogens with one attached hydrogen (secondary N) is 5. The number of aryl methyl sites for hydroxylation is 2. The summed E-state index contributed by atoms with van der Waals surface area (Å²) in [6.07, 6.45) is 16.8. The molecule has 18 heteroatoms. The van der Waals surface area contributed by atoms with E-state index in [9.17, 15) is 13.9 Å². The van der Waals surface area contributed by atoms with Gasteiger partial charge in [0.15, 0.2) is 0 Å². The molecule has 4 aromatic carbocycles. The average Bonchev–Trinajstić information content (AvgIpc) is 4.17. The summed E-state index contributed by atoms with van der Waals surface area (Å²) in [6.45, 7) is 4.27. The van der Waals surface area contributed by atoms with Crippen LogP contribution in [-0.4, -0.2) is 82.2 Å². The van der Waals surface area contributed by atoms with Crippen molar-refractivity contribution in [3.05, 3.63) is 157 Å². The second-order valence-corrected chi connectivity index (χ2v) is 14.5. The number of H-pyrrole nitrogens is 5. The lowest BCUT2D eigenvalue weighted by Crippen LogP contribution is -2.28. The van der Waals surface area contributed by atoms with Crippen LogP contribution in [0.25, 0.3) is 45.0 Å². The van der Waals surface area contributed by atoms with Crippen LogP contribution in [0.2, 0.25) is 0 Å². The SMILES string of the molecule is CCCCc1ccc(-c2cn[nH]n2)cc1.Cc1cccc(-c2cn[nH]n2)c1.Fc1ccc(-c2cn[nH]n2)cc1.Fc1ccccc1-c1cn[nH]n1.OC1(c2cn[nH]n2)CCCCC1. The minimum Gasteiger partial charge on any atom is -0.383 e. The van der Waals surface area contributed by atoms with Gasteiger partial charge < -0.3 is 5.11 Å². The van der Waals surface area contributed by atoms with E-state index in [1.54, 1.807) is 55.1 Å². The van der Waals surface area contributed by atoms with Crippen LogP contribution < -0.4 is 0 Å². The van der Waals surface area contributed by atoms with E-state index in [2.05, 4.69) is 127 Å². The summed E-state index contributed by atoms with van der Waals surface area (Å²) >= 11 is 0. The summed E-state index contributed by atoms with van der Waals surface area (Å²) in [5.74, 6) is -0.534. The predicted octanol–water partition coefficient (Wildman–Crippen LogP) is 8.77. The largest absolute Gasteiger partial charge is 0.383 e. The predicted molar refractivity (Wildman–Crippen MR) is 234 cm³/mol. The maximum Gasteiger partial charge on any atom is 0.132 e. The van der Waals surface area contributed by atoms with Crippen LogP contribution in [0.1, 0.15) is 68.7 Å². The molecule has 5 aromatic heterocycles. The lowest BCUT2D eigenvalue weighted by Gasteiger charge is -2.29. The first-order chi connectivity index (χ1) is 30.8. The van der Waals surface area contributed by atoms with E-state index in [1.165, 1.54) is 54.8 Å². The summed E-state index contributed by atoms with van der Waals surface area (Å²) < 4.78 is 25.6. The molecule has 1 aliphatic rings. The average molecular weight is 854 g/mol. The minimum atomic E-state index is -0.703. The molecule has 9 aromatic rings. The maximum absolute atomic E-state index is 13.1. The van der Waals surface area contributed by atoms with Gasteiger partial charge in [0.1, 0.15) is 45.7 Å². The van der Waals surface area contributed by atoms with Gasteiger partial charge in [-0.3, -0.25) is 0 Å². The molecule has 324 valence electrons. The van der Waals surface area contributed by atoms with Gasteiger partial charge in [-0.25, -0.2) is 8.78 Å². The molecule has 0 aliphatic heterocycles. The molecule has 0 radical (unpaired) electrons. The van der Waals surface area contributed by atoms with Gasteiger partial charge in [-0.2, -0.15) is 77.1 Å². The van der Waals surface area contributed by atoms with Crippen molar-refractivity contribution in [1.29, 1.82) is 0 Å². The van der Waals surface area contributed by atoms with E-state index < -0.39 is 5.60 Å². The summed E-state index contributed by atoms with van der Waals surface area (Å²) in [5.41, 5.74) is 9.18. The second kappa shape index (κ2) is 23.4. The van der Waals surface area contributed by atoms with E-state index in [-0.39, 0.29) is 11.6 Å². The van der Waals surface area contributed by atoms with Crippen molar-refractivity contribution < 1.29 is 13.9 Å². The van der Waals surface area contributed by atoms with E-state index >= 15 is 0 Å². The Labute approximate surface area is 362 Å². The lowest BCUT2D eigenvalue weighted by molar-refractivity contribution is -0.00470. The van der Waals surface area contributed by atoms with Crippen LogP contribution in [0.4, 0.5) is 8.78 Å². The van der Waals surface area contributed by atoms with Crippen molar-refractivity contribution >= 4 is 0 Å². The molecule has 0 bridgehead atoms. The molecule has 63 heavy (non-hydrogen) atoms. The number of aliphatic hydroxyl groups is 1. The van der Waals surface area contributed by atoms with Crippen molar-refractivity contribution in [2.75, 3.05) is 0 Å². The number of rotatable bonds is 8. The number of hydrogen-bond donors (Lipinski definition) is 6. The van der Waals surface area contributed by atoms with Crippen LogP contribution in [0.3, 0.4) is 0 Å². The molecule has 0 spiro atoms. The molecule has 6 N–H and O–H groups in total. The second-order valence-electron chi connectivity index (χ2n) is 14.5. The molecular formula is C45H49F2N15O. The zero-order valence-electron chi connectivity index (χ0n) is 35.0. The maximum atomic E-state index is 13.1. The van der Waals surface area contributed by atoms with E-state index in [0.717, 1.165) is 65.9 Å². The molecule has 1 aliphatic carbocycles. The number of unbranched alkanes of at least 4 members (excludes halogenated alkanes) is 1. The fraction of sp³-hybridized carbons (Fsp3) is 0.244. The van der Waals surface area contributed by atoms with Crippen LogP contribution >= 0.6 is 0 Å². The number of aromatic nitrogens is 15. The van der Waals surface area contributed by atoms with Crippen LogP contribution in [0.5, 0.6) is 0 Å². The monoisotopic (exact) mass is 853 g/mol. The Kier molecular flexibility index (Phi) is 16.7. The van der Waals surface area contributed by atoms with Gasteiger partial charge in [-0.15, -0.1) is 0 Å². The molecule has 1 saturated carbocycles. The standard InChI is InChI=1S/C12H15N3.C9H9N3.2C8H6FN3.C8H13N3O/c1-2-3-4-10-5-7-11(8-6-10)12-9-13-15-14-12;1-7-3-2-4-8(5-7)9-6-10-12-11-9;9-7-3-1-6(2-4-7)8-5-10-12-11-8;9-7-4-2-1-3-6(7)8-5-10-12-11-8;12-8(4-2-1-3-5-8)7-6-9-11-10-7/h5-9H,2-4H2,1H3,(H,13,14,15);2-6H,1H3,(H,10,11,12);2*1-5H,(H,10,11,12);6,12H,1-5H2,(H,9,10,11). The van der Waals surface area contributed by atoms with Gasteiger partial charge in [0.25, 0.3) is 0 Å². The van der Waals surface area contributed by atoms with Crippen LogP contribution in [0, 0.1) is 18.6 Å². The lowest BCUT2D eigenvalue weighted by atomic mass is 9.83. The Bertz CT molecular complexity index is 2560.